The molecular formula is C14H28N2O2. The van der Waals surface area contributed by atoms with E-state index in [1.165, 1.54) is 32.8 Å². The van der Waals surface area contributed by atoms with Gasteiger partial charge in [-0.3, -0.25) is 4.79 Å². The molecule has 18 heavy (non-hydrogen) atoms. The minimum absolute atomic E-state index is 0.174. The number of likely N-dealkylation sites (tertiary alicyclic amines) is 1. The lowest BCUT2D eigenvalue weighted by Gasteiger charge is -2.34. The normalized spacial score (nSPS) is 22.9. The molecule has 0 saturated carbocycles. The zero-order valence-corrected chi connectivity index (χ0v) is 12.3. The van der Waals surface area contributed by atoms with Crippen LogP contribution in [0.3, 0.4) is 0 Å². The molecule has 4 heteroatoms. The second-order valence-electron chi connectivity index (χ2n) is 5.58. The standard InChI is InChI=1S/C14H28N2O2/c1-12(16-9-7-5-6-8-10-16)11-14(2,15-3)13(17)18-4/h12,15H,5-11H2,1-4H3. The monoisotopic (exact) mass is 256 g/mol. The van der Waals surface area contributed by atoms with E-state index in [0.29, 0.717) is 6.04 Å². The molecule has 1 heterocycles. The summed E-state index contributed by atoms with van der Waals surface area (Å²) in [6.07, 6.45) is 6.01. The van der Waals surface area contributed by atoms with Crippen LogP contribution >= 0.6 is 0 Å². The van der Waals surface area contributed by atoms with Gasteiger partial charge in [-0.05, 0) is 53.2 Å². The maximum Gasteiger partial charge on any atom is 0.325 e. The summed E-state index contributed by atoms with van der Waals surface area (Å²) >= 11 is 0. The second kappa shape index (κ2) is 7.10. The molecule has 0 radical (unpaired) electrons. The fraction of sp³-hybridized carbons (Fsp3) is 0.929. The Bertz CT molecular complexity index is 263. The Morgan fingerprint density at radius 3 is 2.33 bits per heavy atom. The van der Waals surface area contributed by atoms with Gasteiger partial charge in [-0.15, -0.1) is 0 Å². The largest absolute Gasteiger partial charge is 0.468 e. The van der Waals surface area contributed by atoms with Crippen molar-refractivity contribution < 1.29 is 9.53 Å². The van der Waals surface area contributed by atoms with E-state index in [9.17, 15) is 4.79 Å². The number of ether oxygens (including phenoxy) is 1. The fourth-order valence-corrected chi connectivity index (χ4v) is 2.77. The van der Waals surface area contributed by atoms with Crippen LogP contribution in [-0.2, 0) is 9.53 Å². The number of likely N-dealkylation sites (N-methyl/N-ethyl adjacent to an activating group) is 1. The Morgan fingerprint density at radius 2 is 1.89 bits per heavy atom. The molecule has 2 atom stereocenters. The van der Waals surface area contributed by atoms with E-state index in [2.05, 4.69) is 17.1 Å². The molecule has 0 aromatic carbocycles. The highest BCUT2D eigenvalue weighted by Crippen LogP contribution is 2.20. The molecule has 2 unspecified atom stereocenters. The minimum Gasteiger partial charge on any atom is -0.468 e. The van der Waals surface area contributed by atoms with Crippen LogP contribution in [0.1, 0.15) is 46.0 Å². The maximum absolute atomic E-state index is 11.8. The smallest absolute Gasteiger partial charge is 0.325 e. The van der Waals surface area contributed by atoms with E-state index in [0.717, 1.165) is 19.5 Å². The van der Waals surface area contributed by atoms with Gasteiger partial charge in [0.15, 0.2) is 0 Å². The van der Waals surface area contributed by atoms with Crippen LogP contribution in [0.25, 0.3) is 0 Å². The van der Waals surface area contributed by atoms with Crippen molar-refractivity contribution >= 4 is 5.97 Å². The van der Waals surface area contributed by atoms with Crippen LogP contribution in [0, 0.1) is 0 Å². The quantitative estimate of drug-likeness (QED) is 0.762. The van der Waals surface area contributed by atoms with Crippen molar-refractivity contribution in [2.75, 3.05) is 27.2 Å². The molecule has 106 valence electrons. The number of hydrogen-bond acceptors (Lipinski definition) is 4. The van der Waals surface area contributed by atoms with Crippen LogP contribution < -0.4 is 5.32 Å². The molecule has 0 spiro atoms. The Labute approximate surface area is 111 Å². The van der Waals surface area contributed by atoms with Crippen LogP contribution in [0.5, 0.6) is 0 Å². The fourth-order valence-electron chi connectivity index (χ4n) is 2.77. The summed E-state index contributed by atoms with van der Waals surface area (Å²) in [6.45, 7) is 6.45. The van der Waals surface area contributed by atoms with Crippen molar-refractivity contribution in [1.29, 1.82) is 0 Å². The maximum atomic E-state index is 11.8. The molecule has 1 aliphatic rings. The van der Waals surface area contributed by atoms with Crippen molar-refractivity contribution in [2.24, 2.45) is 0 Å². The first kappa shape index (κ1) is 15.4. The van der Waals surface area contributed by atoms with Gasteiger partial charge in [-0.1, -0.05) is 12.8 Å². The Balaban J connectivity index is 2.60. The average Bonchev–Trinajstić information content (AvgIpc) is 2.66. The number of carbonyl (C=O) groups is 1. The first-order valence-electron chi connectivity index (χ1n) is 7.05. The van der Waals surface area contributed by atoms with Gasteiger partial charge in [-0.25, -0.2) is 0 Å². The highest BCUT2D eigenvalue weighted by molar-refractivity contribution is 5.80. The number of rotatable bonds is 5. The summed E-state index contributed by atoms with van der Waals surface area (Å²) < 4.78 is 4.90. The van der Waals surface area contributed by atoms with Gasteiger partial charge in [0.05, 0.1) is 7.11 Å². The first-order valence-corrected chi connectivity index (χ1v) is 7.05. The predicted octanol–water partition coefficient (Wildman–Crippen LogP) is 1.79. The Hall–Kier alpha value is -0.610. The molecule has 0 aliphatic carbocycles. The van der Waals surface area contributed by atoms with Gasteiger partial charge < -0.3 is 15.0 Å². The second-order valence-corrected chi connectivity index (χ2v) is 5.58. The molecule has 0 aromatic rings. The van der Waals surface area contributed by atoms with E-state index in [1.54, 1.807) is 0 Å². The number of esters is 1. The summed E-state index contributed by atoms with van der Waals surface area (Å²) in [7, 11) is 3.28. The van der Waals surface area contributed by atoms with Crippen molar-refractivity contribution in [3.63, 3.8) is 0 Å². The summed E-state index contributed by atoms with van der Waals surface area (Å²) in [6, 6.07) is 0.402. The van der Waals surface area contributed by atoms with Gasteiger partial charge in [0.2, 0.25) is 0 Å². The van der Waals surface area contributed by atoms with E-state index in [1.807, 2.05) is 14.0 Å². The van der Waals surface area contributed by atoms with E-state index < -0.39 is 5.54 Å². The van der Waals surface area contributed by atoms with Gasteiger partial charge in [0, 0.05) is 6.04 Å². The lowest BCUT2D eigenvalue weighted by atomic mass is 9.93. The average molecular weight is 256 g/mol. The SMILES string of the molecule is CNC(C)(CC(C)N1CCCCCC1)C(=O)OC. The molecule has 1 rings (SSSR count). The summed E-state index contributed by atoms with van der Waals surface area (Å²) in [5.74, 6) is -0.174. The highest BCUT2D eigenvalue weighted by atomic mass is 16.5. The van der Waals surface area contributed by atoms with Crippen LogP contribution in [0.4, 0.5) is 0 Å². The topological polar surface area (TPSA) is 41.6 Å². The number of carbonyl (C=O) groups excluding carboxylic acids is 1. The van der Waals surface area contributed by atoms with Crippen molar-refractivity contribution in [2.45, 2.75) is 57.5 Å². The molecule has 0 bridgehead atoms. The third kappa shape index (κ3) is 3.95. The number of hydrogen-bond donors (Lipinski definition) is 1. The molecule has 4 nitrogen and oxygen atoms in total. The van der Waals surface area contributed by atoms with Crippen molar-refractivity contribution in [3.8, 4) is 0 Å². The summed E-state index contributed by atoms with van der Waals surface area (Å²) in [4.78, 5) is 14.4. The number of methoxy groups -OCH3 is 1. The number of nitrogens with one attached hydrogen (secondary N) is 1. The van der Waals surface area contributed by atoms with E-state index in [4.69, 9.17) is 4.74 Å². The number of nitrogens with zero attached hydrogens (tertiary/aromatic N) is 1. The Morgan fingerprint density at radius 1 is 1.33 bits per heavy atom. The van der Waals surface area contributed by atoms with Gasteiger partial charge in [0.1, 0.15) is 5.54 Å². The molecule has 1 saturated heterocycles. The third-order valence-corrected chi connectivity index (χ3v) is 4.16. The zero-order valence-electron chi connectivity index (χ0n) is 12.3. The first-order chi connectivity index (χ1) is 8.53. The van der Waals surface area contributed by atoms with Gasteiger partial charge in [0.25, 0.3) is 0 Å². The van der Waals surface area contributed by atoms with Crippen LogP contribution in [0.2, 0.25) is 0 Å². The van der Waals surface area contributed by atoms with Crippen molar-refractivity contribution in [3.05, 3.63) is 0 Å². The molecule has 0 amide bonds. The van der Waals surface area contributed by atoms with Crippen LogP contribution in [-0.4, -0.2) is 49.7 Å². The lowest BCUT2D eigenvalue weighted by molar-refractivity contribution is -0.148. The summed E-state index contributed by atoms with van der Waals surface area (Å²) in [5, 5.41) is 3.11. The molecule has 1 aliphatic heterocycles. The van der Waals surface area contributed by atoms with Crippen molar-refractivity contribution in [1.82, 2.24) is 10.2 Å². The third-order valence-electron chi connectivity index (χ3n) is 4.16. The highest BCUT2D eigenvalue weighted by Gasteiger charge is 2.35. The van der Waals surface area contributed by atoms with Gasteiger partial charge >= 0.3 is 5.97 Å². The lowest BCUT2D eigenvalue weighted by Crippen LogP contribution is -2.52. The van der Waals surface area contributed by atoms with E-state index >= 15 is 0 Å². The van der Waals surface area contributed by atoms with Crippen LogP contribution in [0.15, 0.2) is 0 Å². The summed E-state index contributed by atoms with van der Waals surface area (Å²) in [5.41, 5.74) is -0.583. The van der Waals surface area contributed by atoms with Gasteiger partial charge in [-0.2, -0.15) is 0 Å². The minimum atomic E-state index is -0.583. The predicted molar refractivity (Wildman–Crippen MR) is 73.6 cm³/mol. The molecule has 0 aromatic heterocycles. The zero-order chi connectivity index (χ0) is 13.6. The Kier molecular flexibility index (Phi) is 6.09. The molecule has 1 N–H and O–H groups in total. The molecule has 1 fully saturated rings. The van der Waals surface area contributed by atoms with E-state index in [-0.39, 0.29) is 5.97 Å². The molecular weight excluding hydrogens is 228 g/mol.